The highest BCUT2D eigenvalue weighted by atomic mass is 16.5. The molecular weight excluding hydrogens is 316 g/mol. The first-order chi connectivity index (χ1) is 12.0. The van der Waals surface area contributed by atoms with Crippen LogP contribution >= 0.6 is 0 Å². The molecule has 2 aliphatic rings. The number of aldehydes is 1. The Bertz CT molecular complexity index is 591. The summed E-state index contributed by atoms with van der Waals surface area (Å²) in [6.07, 6.45) is 7.35. The summed E-state index contributed by atoms with van der Waals surface area (Å²) in [5.41, 5.74) is 8.45. The van der Waals surface area contributed by atoms with Crippen LogP contribution in [0.2, 0.25) is 0 Å². The zero-order chi connectivity index (χ0) is 17.9. The van der Waals surface area contributed by atoms with Crippen molar-refractivity contribution < 1.29 is 9.53 Å². The summed E-state index contributed by atoms with van der Waals surface area (Å²) in [7, 11) is 1.82. The Morgan fingerprint density at radius 1 is 1.36 bits per heavy atom. The topological polar surface area (TPSA) is 84.8 Å². The molecule has 1 spiro atoms. The molecule has 1 aliphatic heterocycles. The molecule has 1 heterocycles. The molecule has 25 heavy (non-hydrogen) atoms. The van der Waals surface area contributed by atoms with E-state index in [9.17, 15) is 4.79 Å². The predicted molar refractivity (Wildman–Crippen MR) is 101 cm³/mol. The van der Waals surface area contributed by atoms with Gasteiger partial charge in [0.05, 0.1) is 17.5 Å². The SMILES string of the molecule is COC1CC2(CCN(CCCN(N)c3ccc(C=O)cc3N)CC2)C1. The number of anilines is 2. The highest BCUT2D eigenvalue weighted by molar-refractivity contribution is 5.80. The fourth-order valence-corrected chi connectivity index (χ4v) is 4.23. The Morgan fingerprint density at radius 3 is 2.68 bits per heavy atom. The van der Waals surface area contributed by atoms with Gasteiger partial charge in [-0.3, -0.25) is 4.79 Å². The molecule has 0 aromatic heterocycles. The lowest BCUT2D eigenvalue weighted by Crippen LogP contribution is -2.50. The van der Waals surface area contributed by atoms with Gasteiger partial charge >= 0.3 is 0 Å². The predicted octanol–water partition coefficient (Wildman–Crippen LogP) is 2.04. The molecule has 1 aromatic carbocycles. The first-order valence-electron chi connectivity index (χ1n) is 9.17. The largest absolute Gasteiger partial charge is 0.397 e. The number of methoxy groups -OCH3 is 1. The number of hydrogen-bond donors (Lipinski definition) is 2. The van der Waals surface area contributed by atoms with Crippen molar-refractivity contribution in [2.24, 2.45) is 11.3 Å². The van der Waals surface area contributed by atoms with Gasteiger partial charge < -0.3 is 20.4 Å². The maximum atomic E-state index is 10.8. The minimum atomic E-state index is 0.494. The average Bonchev–Trinajstić information content (AvgIpc) is 2.60. The van der Waals surface area contributed by atoms with Crippen LogP contribution in [0.4, 0.5) is 11.4 Å². The van der Waals surface area contributed by atoms with Gasteiger partial charge in [-0.25, -0.2) is 5.84 Å². The zero-order valence-corrected chi connectivity index (χ0v) is 15.1. The van der Waals surface area contributed by atoms with Crippen LogP contribution in [-0.2, 0) is 4.74 Å². The van der Waals surface area contributed by atoms with E-state index in [1.807, 2.05) is 13.2 Å². The van der Waals surface area contributed by atoms with Gasteiger partial charge in [0.15, 0.2) is 0 Å². The number of piperidine rings is 1. The van der Waals surface area contributed by atoms with Crippen molar-refractivity contribution in [2.75, 3.05) is 44.0 Å². The molecule has 0 radical (unpaired) electrons. The van der Waals surface area contributed by atoms with E-state index in [1.165, 1.54) is 38.8 Å². The van der Waals surface area contributed by atoms with Crippen molar-refractivity contribution in [2.45, 2.75) is 38.2 Å². The van der Waals surface area contributed by atoms with E-state index in [1.54, 1.807) is 17.1 Å². The molecule has 2 fully saturated rings. The first-order valence-corrected chi connectivity index (χ1v) is 9.17. The molecular formula is C19H30N4O2. The number of ether oxygens (including phenoxy) is 1. The van der Waals surface area contributed by atoms with Gasteiger partial charge in [-0.15, -0.1) is 0 Å². The number of nitrogens with zero attached hydrogens (tertiary/aromatic N) is 2. The highest BCUT2D eigenvalue weighted by Crippen LogP contribution is 2.50. The van der Waals surface area contributed by atoms with Gasteiger partial charge in [-0.1, -0.05) is 0 Å². The van der Waals surface area contributed by atoms with E-state index >= 15 is 0 Å². The summed E-state index contributed by atoms with van der Waals surface area (Å²) in [6.45, 7) is 4.16. The molecule has 0 bridgehead atoms. The smallest absolute Gasteiger partial charge is 0.150 e. The average molecular weight is 346 g/mol. The molecule has 3 rings (SSSR count). The Hall–Kier alpha value is -1.63. The lowest BCUT2D eigenvalue weighted by atomic mass is 9.61. The van der Waals surface area contributed by atoms with Crippen molar-refractivity contribution in [1.82, 2.24) is 4.90 Å². The van der Waals surface area contributed by atoms with Gasteiger partial charge in [0, 0.05) is 19.2 Å². The summed E-state index contributed by atoms with van der Waals surface area (Å²) in [6, 6.07) is 5.22. The summed E-state index contributed by atoms with van der Waals surface area (Å²) < 4.78 is 5.44. The maximum absolute atomic E-state index is 10.8. The molecule has 6 heteroatoms. The number of hydrazine groups is 1. The number of nitrogens with two attached hydrogens (primary N) is 2. The number of benzene rings is 1. The van der Waals surface area contributed by atoms with Gasteiger partial charge in [-0.05, 0) is 75.4 Å². The molecule has 1 saturated heterocycles. The zero-order valence-electron chi connectivity index (χ0n) is 15.1. The van der Waals surface area contributed by atoms with Gasteiger partial charge in [0.25, 0.3) is 0 Å². The van der Waals surface area contributed by atoms with Crippen LogP contribution in [0, 0.1) is 5.41 Å². The van der Waals surface area contributed by atoms with E-state index in [-0.39, 0.29) is 0 Å². The molecule has 4 N–H and O–H groups in total. The van der Waals surface area contributed by atoms with E-state index < -0.39 is 0 Å². The second-order valence-corrected chi connectivity index (χ2v) is 7.59. The van der Waals surface area contributed by atoms with Gasteiger partial charge in [0.1, 0.15) is 6.29 Å². The molecule has 1 saturated carbocycles. The fourth-order valence-electron chi connectivity index (χ4n) is 4.23. The van der Waals surface area contributed by atoms with Crippen molar-refractivity contribution in [3.8, 4) is 0 Å². The first kappa shape index (κ1) is 18.2. The van der Waals surface area contributed by atoms with Crippen LogP contribution in [0.15, 0.2) is 18.2 Å². The second-order valence-electron chi connectivity index (χ2n) is 7.59. The Labute approximate surface area is 150 Å². The van der Waals surface area contributed by atoms with E-state index in [4.69, 9.17) is 16.3 Å². The molecule has 1 aromatic rings. The molecule has 0 unspecified atom stereocenters. The summed E-state index contributed by atoms with van der Waals surface area (Å²) in [5, 5.41) is 1.68. The third-order valence-corrected chi connectivity index (χ3v) is 5.94. The summed E-state index contributed by atoms with van der Waals surface area (Å²) in [4.78, 5) is 13.3. The van der Waals surface area contributed by atoms with Crippen molar-refractivity contribution >= 4 is 17.7 Å². The van der Waals surface area contributed by atoms with E-state index in [2.05, 4.69) is 4.90 Å². The van der Waals surface area contributed by atoms with Gasteiger partial charge in [-0.2, -0.15) is 0 Å². The van der Waals surface area contributed by atoms with E-state index in [0.717, 1.165) is 31.5 Å². The van der Waals surface area contributed by atoms with Crippen LogP contribution in [-0.4, -0.2) is 50.6 Å². The second kappa shape index (κ2) is 7.72. The third-order valence-electron chi connectivity index (χ3n) is 5.94. The van der Waals surface area contributed by atoms with Crippen molar-refractivity contribution in [3.63, 3.8) is 0 Å². The maximum Gasteiger partial charge on any atom is 0.150 e. The Kier molecular flexibility index (Phi) is 5.61. The molecule has 6 nitrogen and oxygen atoms in total. The van der Waals surface area contributed by atoms with Crippen molar-refractivity contribution in [3.05, 3.63) is 23.8 Å². The quantitative estimate of drug-likeness (QED) is 0.340. The molecule has 0 amide bonds. The van der Waals surface area contributed by atoms with E-state index in [0.29, 0.717) is 22.8 Å². The fraction of sp³-hybridized carbons (Fsp3) is 0.632. The van der Waals surface area contributed by atoms with Crippen LogP contribution in [0.3, 0.4) is 0 Å². The van der Waals surface area contributed by atoms with Crippen LogP contribution < -0.4 is 16.6 Å². The third kappa shape index (κ3) is 4.14. The summed E-state index contributed by atoms with van der Waals surface area (Å²) >= 11 is 0. The molecule has 138 valence electrons. The lowest BCUT2D eigenvalue weighted by Gasteiger charge is -2.51. The van der Waals surface area contributed by atoms with Gasteiger partial charge in [0.2, 0.25) is 0 Å². The number of rotatable bonds is 7. The van der Waals surface area contributed by atoms with Crippen molar-refractivity contribution in [1.29, 1.82) is 0 Å². The number of nitrogen functional groups attached to an aromatic ring is 1. The normalized spacial score (nSPS) is 20.4. The van der Waals surface area contributed by atoms with Crippen LogP contribution in [0.1, 0.15) is 42.5 Å². The Balaban J connectivity index is 1.39. The Morgan fingerprint density at radius 2 is 2.08 bits per heavy atom. The van der Waals surface area contributed by atoms with Crippen LogP contribution in [0.25, 0.3) is 0 Å². The standard InChI is InChI=1S/C19H30N4O2/c1-25-16-12-19(13-16)5-9-22(10-6-19)7-2-8-23(21)18-4-3-15(14-24)11-17(18)20/h3-4,11,14,16H,2,5-10,12-13,20-21H2,1H3. The minimum absolute atomic E-state index is 0.494. The number of carbonyl (C=O) groups is 1. The molecule has 0 atom stereocenters. The van der Waals surface area contributed by atoms with Crippen LogP contribution in [0.5, 0.6) is 0 Å². The minimum Gasteiger partial charge on any atom is -0.397 e. The highest BCUT2D eigenvalue weighted by Gasteiger charge is 2.45. The summed E-state index contributed by atoms with van der Waals surface area (Å²) in [5.74, 6) is 6.14. The number of carbonyl (C=O) groups excluding carboxylic acids is 1. The molecule has 1 aliphatic carbocycles. The monoisotopic (exact) mass is 346 g/mol. The number of likely N-dealkylation sites (tertiary alicyclic amines) is 1. The lowest BCUT2D eigenvalue weighted by molar-refractivity contribution is -0.0876. The number of hydrogen-bond acceptors (Lipinski definition) is 6.